The summed E-state index contributed by atoms with van der Waals surface area (Å²) in [5, 5.41) is 10.5. The first-order valence-corrected chi connectivity index (χ1v) is 8.54. The molecule has 3 aromatic rings. The van der Waals surface area contributed by atoms with Gasteiger partial charge in [-0.2, -0.15) is 0 Å². The van der Waals surface area contributed by atoms with Gasteiger partial charge in [0.05, 0.1) is 6.10 Å². The van der Waals surface area contributed by atoms with Crippen molar-refractivity contribution < 1.29 is 22.1 Å². The second kappa shape index (κ2) is 7.37. The Labute approximate surface area is 149 Å². The zero-order valence-electron chi connectivity index (χ0n) is 13.7. The summed E-state index contributed by atoms with van der Waals surface area (Å²) in [6.07, 6.45) is 6.27. The standard InChI is InChI=1S/C20H23N2O.ClH/c23-20-13-7-6-12-19(20)22-15-21(14-16-8-2-1-3-9-16)17-10-4-5-11-18(17)22;/h1-5,8-11,15,19-20,23H,6-7,12-14H2;1H/q+1;/p-1. The van der Waals surface area contributed by atoms with Crippen molar-refractivity contribution in [2.75, 3.05) is 0 Å². The smallest absolute Gasteiger partial charge is 0.245 e. The van der Waals surface area contributed by atoms with Gasteiger partial charge in [0.2, 0.25) is 6.33 Å². The van der Waals surface area contributed by atoms with E-state index in [0.717, 1.165) is 25.8 Å². The molecule has 0 spiro atoms. The number of aliphatic hydroxyl groups excluding tert-OH is 1. The molecule has 1 saturated carbocycles. The molecule has 2 unspecified atom stereocenters. The second-order valence-electron chi connectivity index (χ2n) is 6.54. The highest BCUT2D eigenvalue weighted by Gasteiger charge is 2.31. The van der Waals surface area contributed by atoms with E-state index in [1.165, 1.54) is 23.0 Å². The van der Waals surface area contributed by atoms with Crippen LogP contribution in [0.15, 0.2) is 60.9 Å². The first kappa shape index (κ1) is 17.0. The van der Waals surface area contributed by atoms with E-state index in [4.69, 9.17) is 0 Å². The van der Waals surface area contributed by atoms with E-state index in [1.54, 1.807) is 0 Å². The number of nitrogens with zero attached hydrogens (tertiary/aromatic N) is 2. The Kier molecular flexibility index (Phi) is 5.22. The summed E-state index contributed by atoms with van der Waals surface area (Å²) < 4.78 is 4.59. The van der Waals surface area contributed by atoms with E-state index in [0.29, 0.717) is 0 Å². The van der Waals surface area contributed by atoms with Gasteiger partial charge in [0, 0.05) is 0 Å². The van der Waals surface area contributed by atoms with E-state index in [2.05, 4.69) is 70.1 Å². The molecule has 1 fully saturated rings. The van der Waals surface area contributed by atoms with Crippen LogP contribution in [0.5, 0.6) is 0 Å². The number of aliphatic hydroxyl groups is 1. The van der Waals surface area contributed by atoms with E-state index in [1.807, 2.05) is 0 Å². The Hall–Kier alpha value is -1.84. The summed E-state index contributed by atoms with van der Waals surface area (Å²) in [4.78, 5) is 0. The lowest BCUT2D eigenvalue weighted by Gasteiger charge is -2.25. The maximum absolute atomic E-state index is 10.5. The van der Waals surface area contributed by atoms with Crippen LogP contribution >= 0.6 is 0 Å². The topological polar surface area (TPSA) is 29.0 Å². The van der Waals surface area contributed by atoms with Crippen molar-refractivity contribution in [1.29, 1.82) is 0 Å². The normalized spacial score (nSPS) is 20.7. The molecule has 0 aliphatic heterocycles. The molecule has 1 aromatic heterocycles. The van der Waals surface area contributed by atoms with Crippen LogP contribution in [-0.2, 0) is 6.54 Å². The van der Waals surface area contributed by atoms with E-state index in [-0.39, 0.29) is 24.6 Å². The van der Waals surface area contributed by atoms with Crippen LogP contribution in [0, 0.1) is 0 Å². The molecule has 0 radical (unpaired) electrons. The fraction of sp³-hybridized carbons (Fsp3) is 0.350. The number of imidazole rings is 1. The number of rotatable bonds is 3. The van der Waals surface area contributed by atoms with Gasteiger partial charge >= 0.3 is 0 Å². The Morgan fingerprint density at radius 3 is 2.46 bits per heavy atom. The van der Waals surface area contributed by atoms with Crippen LogP contribution in [0.3, 0.4) is 0 Å². The van der Waals surface area contributed by atoms with Crippen LogP contribution < -0.4 is 17.0 Å². The molecule has 4 heteroatoms. The van der Waals surface area contributed by atoms with Crippen molar-refractivity contribution in [1.82, 2.24) is 4.57 Å². The monoisotopic (exact) mass is 342 g/mol. The van der Waals surface area contributed by atoms with Gasteiger partial charge in [0.1, 0.15) is 12.6 Å². The van der Waals surface area contributed by atoms with Crippen molar-refractivity contribution in [2.24, 2.45) is 0 Å². The van der Waals surface area contributed by atoms with E-state index in [9.17, 15) is 5.11 Å². The lowest BCUT2D eigenvalue weighted by atomic mass is 9.92. The van der Waals surface area contributed by atoms with Gasteiger partial charge in [-0.1, -0.05) is 48.9 Å². The first-order chi connectivity index (χ1) is 11.3. The SMILES string of the molecule is OC1CCCCC1n1c[n+](Cc2ccccc2)c2ccccc21.[Cl-]. The van der Waals surface area contributed by atoms with E-state index < -0.39 is 0 Å². The van der Waals surface area contributed by atoms with E-state index >= 15 is 0 Å². The lowest BCUT2D eigenvalue weighted by molar-refractivity contribution is -0.663. The third kappa shape index (κ3) is 3.19. The van der Waals surface area contributed by atoms with Crippen molar-refractivity contribution >= 4 is 11.0 Å². The molecule has 2 atom stereocenters. The maximum atomic E-state index is 10.5. The van der Waals surface area contributed by atoms with Crippen molar-refractivity contribution in [3.63, 3.8) is 0 Å². The van der Waals surface area contributed by atoms with Crippen molar-refractivity contribution in [2.45, 2.75) is 44.4 Å². The highest BCUT2D eigenvalue weighted by Crippen LogP contribution is 2.30. The van der Waals surface area contributed by atoms with Gasteiger partial charge < -0.3 is 17.5 Å². The molecule has 0 bridgehead atoms. The first-order valence-electron chi connectivity index (χ1n) is 8.54. The van der Waals surface area contributed by atoms with Gasteiger partial charge in [-0.05, 0) is 37.0 Å². The van der Waals surface area contributed by atoms with Crippen LogP contribution in [0.1, 0.15) is 37.3 Å². The maximum Gasteiger partial charge on any atom is 0.245 e. The predicted octanol–water partition coefficient (Wildman–Crippen LogP) is 0.457. The zero-order valence-corrected chi connectivity index (χ0v) is 14.4. The van der Waals surface area contributed by atoms with Crippen LogP contribution in [-0.4, -0.2) is 15.8 Å². The quantitative estimate of drug-likeness (QED) is 0.688. The van der Waals surface area contributed by atoms with Crippen LogP contribution in [0.4, 0.5) is 0 Å². The summed E-state index contributed by atoms with van der Waals surface area (Å²) in [6.45, 7) is 0.858. The molecular formula is C20H23ClN2O. The minimum absolute atomic E-state index is 0. The molecule has 0 amide bonds. The number of hydrogen-bond acceptors (Lipinski definition) is 1. The summed E-state index contributed by atoms with van der Waals surface area (Å²) in [5.41, 5.74) is 3.74. The predicted molar refractivity (Wildman–Crippen MR) is 91.2 cm³/mol. The Bertz CT molecular complexity index is 800. The fourth-order valence-electron chi connectivity index (χ4n) is 3.79. The molecule has 1 aliphatic rings. The molecule has 2 aromatic carbocycles. The Morgan fingerprint density at radius 2 is 1.67 bits per heavy atom. The molecule has 1 aliphatic carbocycles. The Balaban J connectivity index is 0.00000169. The average Bonchev–Trinajstić information content (AvgIpc) is 2.95. The molecule has 3 nitrogen and oxygen atoms in total. The third-order valence-electron chi connectivity index (χ3n) is 4.98. The van der Waals surface area contributed by atoms with Crippen LogP contribution in [0.2, 0.25) is 0 Å². The lowest BCUT2D eigenvalue weighted by Crippen LogP contribution is -3.00. The number of aromatic nitrogens is 2. The van der Waals surface area contributed by atoms with Crippen molar-refractivity contribution in [3.05, 3.63) is 66.5 Å². The number of para-hydroxylation sites is 2. The van der Waals surface area contributed by atoms with Gasteiger partial charge in [-0.25, -0.2) is 9.13 Å². The molecule has 126 valence electrons. The van der Waals surface area contributed by atoms with Gasteiger partial charge in [0.25, 0.3) is 0 Å². The molecule has 1 heterocycles. The fourth-order valence-corrected chi connectivity index (χ4v) is 3.79. The Morgan fingerprint density at radius 1 is 0.958 bits per heavy atom. The highest BCUT2D eigenvalue weighted by atomic mass is 35.5. The second-order valence-corrected chi connectivity index (χ2v) is 6.54. The van der Waals surface area contributed by atoms with Crippen molar-refractivity contribution in [3.8, 4) is 0 Å². The summed E-state index contributed by atoms with van der Waals surface area (Å²) in [7, 11) is 0. The number of halogens is 1. The van der Waals surface area contributed by atoms with Gasteiger partial charge in [0.15, 0.2) is 11.0 Å². The molecule has 4 rings (SSSR count). The summed E-state index contributed by atoms with van der Waals surface area (Å²) in [6, 6.07) is 19.2. The third-order valence-corrected chi connectivity index (χ3v) is 4.98. The molecule has 24 heavy (non-hydrogen) atoms. The average molecular weight is 343 g/mol. The summed E-state index contributed by atoms with van der Waals surface area (Å²) >= 11 is 0. The van der Waals surface area contributed by atoms with Gasteiger partial charge in [-0.3, -0.25) is 0 Å². The summed E-state index contributed by atoms with van der Waals surface area (Å²) in [5.74, 6) is 0. The highest BCUT2D eigenvalue weighted by molar-refractivity contribution is 5.71. The number of hydrogen-bond donors (Lipinski definition) is 1. The van der Waals surface area contributed by atoms with Crippen LogP contribution in [0.25, 0.3) is 11.0 Å². The van der Waals surface area contributed by atoms with Gasteiger partial charge in [-0.15, -0.1) is 0 Å². The number of benzene rings is 2. The largest absolute Gasteiger partial charge is 1.00 e. The molecule has 1 N–H and O–H groups in total. The molecule has 0 saturated heterocycles. The minimum Gasteiger partial charge on any atom is -1.00 e. The molecular weight excluding hydrogens is 320 g/mol. The number of fused-ring (bicyclic) bond motifs is 1. The minimum atomic E-state index is -0.232. The zero-order chi connectivity index (χ0) is 15.6.